The SMILES string of the molecule is OCc1c(I)ncc(CBr)c1C(F)F. The fourth-order valence-corrected chi connectivity index (χ4v) is 2.16. The van der Waals surface area contributed by atoms with Gasteiger partial charge in [-0.1, -0.05) is 15.9 Å². The molecule has 0 saturated heterocycles. The van der Waals surface area contributed by atoms with Crippen molar-refractivity contribution >= 4 is 38.5 Å². The highest BCUT2D eigenvalue weighted by atomic mass is 127. The van der Waals surface area contributed by atoms with Gasteiger partial charge in [-0.3, -0.25) is 0 Å². The Balaban J connectivity index is 3.36. The molecule has 0 bridgehead atoms. The van der Waals surface area contributed by atoms with Crippen LogP contribution >= 0.6 is 38.5 Å². The minimum absolute atomic E-state index is 0.108. The highest BCUT2D eigenvalue weighted by molar-refractivity contribution is 14.1. The molecule has 0 radical (unpaired) electrons. The van der Waals surface area contributed by atoms with E-state index in [-0.39, 0.29) is 11.1 Å². The quantitative estimate of drug-likeness (QED) is 0.499. The molecule has 0 aromatic carbocycles. The Morgan fingerprint density at radius 1 is 1.57 bits per heavy atom. The molecule has 0 aliphatic rings. The third kappa shape index (κ3) is 2.40. The van der Waals surface area contributed by atoms with Crippen LogP contribution in [0, 0.1) is 3.70 Å². The highest BCUT2D eigenvalue weighted by Crippen LogP contribution is 2.30. The number of rotatable bonds is 3. The van der Waals surface area contributed by atoms with Gasteiger partial charge in [-0.2, -0.15) is 0 Å². The third-order valence-electron chi connectivity index (χ3n) is 1.77. The normalized spacial score (nSPS) is 11.0. The summed E-state index contributed by atoms with van der Waals surface area (Å²) in [5, 5.41) is 9.28. The van der Waals surface area contributed by atoms with E-state index >= 15 is 0 Å². The maximum absolute atomic E-state index is 12.7. The van der Waals surface area contributed by atoms with E-state index in [9.17, 15) is 8.78 Å². The third-order valence-corrected chi connectivity index (χ3v) is 3.31. The largest absolute Gasteiger partial charge is 0.392 e. The molecule has 1 aromatic heterocycles. The topological polar surface area (TPSA) is 33.1 Å². The number of alkyl halides is 3. The Kier molecular flexibility index (Phi) is 4.65. The van der Waals surface area contributed by atoms with Crippen LogP contribution in [0.15, 0.2) is 6.20 Å². The minimum atomic E-state index is -2.58. The average molecular weight is 378 g/mol. The number of hydrogen-bond donors (Lipinski definition) is 1. The van der Waals surface area contributed by atoms with E-state index in [2.05, 4.69) is 20.9 Å². The van der Waals surface area contributed by atoms with Crippen LogP contribution in [0.5, 0.6) is 0 Å². The fraction of sp³-hybridized carbons (Fsp3) is 0.375. The number of halogens is 4. The van der Waals surface area contributed by atoms with Crippen molar-refractivity contribution in [3.05, 3.63) is 26.6 Å². The van der Waals surface area contributed by atoms with Crippen molar-refractivity contribution in [1.82, 2.24) is 4.98 Å². The number of aliphatic hydroxyl groups excluding tert-OH is 1. The molecule has 6 heteroatoms. The Morgan fingerprint density at radius 2 is 2.21 bits per heavy atom. The van der Waals surface area contributed by atoms with Crippen LogP contribution in [0.4, 0.5) is 8.78 Å². The molecule has 0 saturated carbocycles. The first kappa shape index (κ1) is 12.3. The molecule has 2 nitrogen and oxygen atoms in total. The van der Waals surface area contributed by atoms with E-state index in [4.69, 9.17) is 5.11 Å². The molecule has 14 heavy (non-hydrogen) atoms. The lowest BCUT2D eigenvalue weighted by Crippen LogP contribution is -2.04. The number of aliphatic hydroxyl groups is 1. The van der Waals surface area contributed by atoms with Crippen LogP contribution in [0.2, 0.25) is 0 Å². The number of hydrogen-bond acceptors (Lipinski definition) is 2. The monoisotopic (exact) mass is 377 g/mol. The van der Waals surface area contributed by atoms with Crippen LogP contribution in [0.25, 0.3) is 0 Å². The van der Waals surface area contributed by atoms with Crippen LogP contribution in [0.3, 0.4) is 0 Å². The van der Waals surface area contributed by atoms with Crippen molar-refractivity contribution in [1.29, 1.82) is 0 Å². The molecule has 0 aliphatic heterocycles. The molecule has 0 spiro atoms. The number of aromatic nitrogens is 1. The molecule has 1 heterocycles. The van der Waals surface area contributed by atoms with Gasteiger partial charge in [0.05, 0.1) is 6.61 Å². The number of nitrogens with zero attached hydrogens (tertiary/aromatic N) is 1. The van der Waals surface area contributed by atoms with Gasteiger partial charge in [0, 0.05) is 22.7 Å². The Bertz CT molecular complexity index is 335. The molecule has 0 atom stereocenters. The maximum Gasteiger partial charge on any atom is 0.264 e. The Morgan fingerprint density at radius 3 is 2.64 bits per heavy atom. The summed E-state index contributed by atoms with van der Waals surface area (Å²) < 4.78 is 25.8. The average Bonchev–Trinajstić information content (AvgIpc) is 2.17. The smallest absolute Gasteiger partial charge is 0.264 e. The molecule has 0 unspecified atom stereocenters. The second-order valence-electron chi connectivity index (χ2n) is 2.56. The summed E-state index contributed by atoms with van der Waals surface area (Å²) in [6.45, 7) is -0.411. The first-order valence-electron chi connectivity index (χ1n) is 3.73. The maximum atomic E-state index is 12.7. The van der Waals surface area contributed by atoms with E-state index < -0.39 is 13.0 Å². The molecular weight excluding hydrogens is 371 g/mol. The lowest BCUT2D eigenvalue weighted by molar-refractivity contribution is 0.146. The summed E-state index contributed by atoms with van der Waals surface area (Å²) in [5.41, 5.74) is 0.533. The predicted molar refractivity (Wildman–Crippen MR) is 60.5 cm³/mol. The summed E-state index contributed by atoms with van der Waals surface area (Å²) in [4.78, 5) is 3.93. The zero-order chi connectivity index (χ0) is 10.7. The summed E-state index contributed by atoms with van der Waals surface area (Å²) in [7, 11) is 0. The second-order valence-corrected chi connectivity index (χ2v) is 4.14. The van der Waals surface area contributed by atoms with Crippen molar-refractivity contribution in [2.75, 3.05) is 0 Å². The molecule has 0 aliphatic carbocycles. The Hall–Kier alpha value is 0.180. The van der Waals surface area contributed by atoms with Crippen molar-refractivity contribution in [2.24, 2.45) is 0 Å². The van der Waals surface area contributed by atoms with Gasteiger partial charge < -0.3 is 5.11 Å². The highest BCUT2D eigenvalue weighted by Gasteiger charge is 2.19. The first-order chi connectivity index (χ1) is 6.61. The van der Waals surface area contributed by atoms with Crippen LogP contribution in [-0.2, 0) is 11.9 Å². The minimum Gasteiger partial charge on any atom is -0.392 e. The van der Waals surface area contributed by atoms with Crippen molar-refractivity contribution in [2.45, 2.75) is 18.4 Å². The summed E-state index contributed by atoms with van der Waals surface area (Å²) in [5.74, 6) is 0. The molecule has 0 fully saturated rings. The lowest BCUT2D eigenvalue weighted by Gasteiger charge is -2.11. The lowest BCUT2D eigenvalue weighted by atomic mass is 10.1. The van der Waals surface area contributed by atoms with E-state index in [1.165, 1.54) is 6.20 Å². The zero-order valence-corrected chi connectivity index (χ0v) is 10.7. The van der Waals surface area contributed by atoms with Crippen LogP contribution in [-0.4, -0.2) is 10.1 Å². The predicted octanol–water partition coefficient (Wildman–Crippen LogP) is 3.01. The standard InChI is InChI=1S/C8H7BrF2INO/c9-1-4-2-13-8(12)5(3-14)6(4)7(10)11/h2,7,14H,1,3H2. The van der Waals surface area contributed by atoms with Gasteiger partial charge in [-0.25, -0.2) is 13.8 Å². The van der Waals surface area contributed by atoms with Crippen LogP contribution < -0.4 is 0 Å². The van der Waals surface area contributed by atoms with Gasteiger partial charge in [0.15, 0.2) is 0 Å². The summed E-state index contributed by atoms with van der Waals surface area (Å²) >= 11 is 4.94. The van der Waals surface area contributed by atoms with E-state index in [1.54, 1.807) is 0 Å². The van der Waals surface area contributed by atoms with Crippen molar-refractivity contribution in [3.63, 3.8) is 0 Å². The molecule has 78 valence electrons. The van der Waals surface area contributed by atoms with Crippen molar-refractivity contribution in [3.8, 4) is 0 Å². The van der Waals surface area contributed by atoms with E-state index in [0.717, 1.165) is 0 Å². The van der Waals surface area contributed by atoms with Gasteiger partial charge in [0.1, 0.15) is 3.70 Å². The van der Waals surface area contributed by atoms with Gasteiger partial charge in [0.2, 0.25) is 0 Å². The van der Waals surface area contributed by atoms with Gasteiger partial charge in [0.25, 0.3) is 6.43 Å². The van der Waals surface area contributed by atoms with Gasteiger partial charge >= 0.3 is 0 Å². The fourth-order valence-electron chi connectivity index (χ4n) is 1.12. The van der Waals surface area contributed by atoms with Gasteiger partial charge in [-0.15, -0.1) is 0 Å². The zero-order valence-electron chi connectivity index (χ0n) is 6.98. The molecule has 0 amide bonds. The summed E-state index contributed by atoms with van der Waals surface area (Å²) in [6, 6.07) is 0. The molecule has 1 aromatic rings. The van der Waals surface area contributed by atoms with Crippen LogP contribution in [0.1, 0.15) is 23.1 Å². The van der Waals surface area contributed by atoms with Gasteiger partial charge in [-0.05, 0) is 28.2 Å². The first-order valence-corrected chi connectivity index (χ1v) is 5.93. The van der Waals surface area contributed by atoms with Crippen molar-refractivity contribution < 1.29 is 13.9 Å². The number of pyridine rings is 1. The summed E-state index contributed by atoms with van der Waals surface area (Å²) in [6.07, 6.45) is -1.18. The molecular formula is C8H7BrF2INO. The second kappa shape index (κ2) is 5.32. The Labute approximate surface area is 102 Å². The van der Waals surface area contributed by atoms with E-state index in [0.29, 0.717) is 14.6 Å². The molecule has 1 rings (SSSR count). The molecule has 1 N–H and O–H groups in total. The van der Waals surface area contributed by atoms with E-state index in [1.807, 2.05) is 22.6 Å².